The second kappa shape index (κ2) is 7.51. The molecule has 11 heteroatoms. The Balaban J connectivity index is 1.88. The molecule has 150 valence electrons. The summed E-state index contributed by atoms with van der Waals surface area (Å²) in [7, 11) is -4.14. The number of carbonyl (C=O) groups is 1. The van der Waals surface area contributed by atoms with Crippen LogP contribution >= 0.6 is 11.6 Å². The number of nitrogens with one attached hydrogen (secondary N) is 2. The highest BCUT2D eigenvalue weighted by molar-refractivity contribution is 7.92. The summed E-state index contributed by atoms with van der Waals surface area (Å²) in [6.45, 7) is -1.58. The van der Waals surface area contributed by atoms with Crippen LogP contribution in [-0.2, 0) is 21.2 Å². The monoisotopic (exact) mass is 434 g/mol. The van der Waals surface area contributed by atoms with E-state index in [2.05, 4.69) is 14.8 Å². The molecule has 0 saturated carbocycles. The topological polar surface area (TPSA) is 84.5 Å². The first-order valence-corrected chi connectivity index (χ1v) is 9.84. The summed E-state index contributed by atoms with van der Waals surface area (Å²) in [4.78, 5) is 11.3. The van der Waals surface area contributed by atoms with Crippen molar-refractivity contribution in [2.45, 2.75) is 23.9 Å². The Kier molecular flexibility index (Phi) is 5.44. The van der Waals surface area contributed by atoms with E-state index in [4.69, 9.17) is 11.6 Å². The Bertz CT molecular complexity index is 1030. The number of aryl methyl sites for hydroxylation is 1. The lowest BCUT2D eigenvalue weighted by Gasteiger charge is -2.18. The molecule has 0 unspecified atom stereocenters. The molecule has 3 rings (SSSR count). The summed E-state index contributed by atoms with van der Waals surface area (Å²) in [5.74, 6) is -0.470. The Morgan fingerprint density at radius 2 is 1.89 bits per heavy atom. The number of alkyl halides is 3. The van der Waals surface area contributed by atoms with Crippen molar-refractivity contribution in [3.8, 4) is 5.75 Å². The van der Waals surface area contributed by atoms with Crippen molar-refractivity contribution >= 4 is 38.9 Å². The maximum Gasteiger partial charge on any atom is 0.422 e. The molecule has 0 radical (unpaired) electrons. The van der Waals surface area contributed by atoms with Gasteiger partial charge in [0.2, 0.25) is 5.91 Å². The standard InChI is InChI=1S/C17H14ClF3N2O4S/c18-11-2-5-15(27-9-17(19,20)21)14(8-11)23-28(25,26)12-3-4-13-10(7-12)1-6-16(24)22-13/h2-5,7-8,23H,1,6,9H2,(H,22,24). The number of benzene rings is 2. The number of hydrogen-bond donors (Lipinski definition) is 2. The first kappa shape index (κ1) is 20.3. The van der Waals surface area contributed by atoms with Crippen molar-refractivity contribution in [2.24, 2.45) is 0 Å². The minimum atomic E-state index is -4.58. The Morgan fingerprint density at radius 1 is 1.14 bits per heavy atom. The fourth-order valence-electron chi connectivity index (χ4n) is 2.60. The highest BCUT2D eigenvalue weighted by Gasteiger charge is 2.29. The van der Waals surface area contributed by atoms with E-state index in [1.54, 1.807) is 0 Å². The summed E-state index contributed by atoms with van der Waals surface area (Å²) in [6, 6.07) is 7.73. The zero-order valence-corrected chi connectivity index (χ0v) is 15.7. The van der Waals surface area contributed by atoms with Gasteiger partial charge in [-0.15, -0.1) is 0 Å². The van der Waals surface area contributed by atoms with E-state index in [1.165, 1.54) is 24.3 Å². The molecule has 2 N–H and O–H groups in total. The molecular weight excluding hydrogens is 421 g/mol. The Hall–Kier alpha value is -2.46. The van der Waals surface area contributed by atoms with Crippen LogP contribution in [0.3, 0.4) is 0 Å². The number of amides is 1. The Labute approximate surface area is 163 Å². The molecule has 28 heavy (non-hydrogen) atoms. The number of halogens is 4. The van der Waals surface area contributed by atoms with Gasteiger partial charge in [-0.3, -0.25) is 9.52 Å². The van der Waals surface area contributed by atoms with E-state index in [1.807, 2.05) is 0 Å². The Morgan fingerprint density at radius 3 is 2.61 bits per heavy atom. The summed E-state index contributed by atoms with van der Waals surface area (Å²) in [5, 5.41) is 2.75. The SMILES string of the molecule is O=C1CCc2cc(S(=O)(=O)Nc3cc(Cl)ccc3OCC(F)(F)F)ccc2N1. The maximum atomic E-state index is 12.7. The number of fused-ring (bicyclic) bond motifs is 1. The third-order valence-electron chi connectivity index (χ3n) is 3.86. The van der Waals surface area contributed by atoms with Crippen molar-refractivity contribution in [1.82, 2.24) is 0 Å². The van der Waals surface area contributed by atoms with Gasteiger partial charge in [-0.05, 0) is 48.4 Å². The lowest BCUT2D eigenvalue weighted by atomic mass is 10.0. The van der Waals surface area contributed by atoms with Crippen LogP contribution in [0.5, 0.6) is 5.75 Å². The van der Waals surface area contributed by atoms with Crippen LogP contribution in [0.1, 0.15) is 12.0 Å². The molecule has 0 fully saturated rings. The van der Waals surface area contributed by atoms with Gasteiger partial charge in [-0.1, -0.05) is 11.6 Å². The minimum Gasteiger partial charge on any atom is -0.482 e. The highest BCUT2D eigenvalue weighted by atomic mass is 35.5. The predicted molar refractivity (Wildman–Crippen MR) is 97.2 cm³/mol. The molecule has 0 spiro atoms. The van der Waals surface area contributed by atoms with E-state index in [0.29, 0.717) is 17.7 Å². The first-order valence-electron chi connectivity index (χ1n) is 7.98. The van der Waals surface area contributed by atoms with Crippen LogP contribution in [-0.4, -0.2) is 27.1 Å². The van der Waals surface area contributed by atoms with Gasteiger partial charge in [-0.25, -0.2) is 8.42 Å². The number of rotatable bonds is 5. The summed E-state index contributed by atoms with van der Waals surface area (Å²) in [6.07, 6.45) is -3.98. The molecule has 2 aromatic rings. The minimum absolute atomic E-state index is 0.107. The number of ether oxygens (including phenoxy) is 1. The lowest BCUT2D eigenvalue weighted by molar-refractivity contribution is -0.153. The maximum absolute atomic E-state index is 12.7. The van der Waals surface area contributed by atoms with Crippen LogP contribution in [0, 0.1) is 0 Å². The zero-order chi connectivity index (χ0) is 20.5. The molecule has 1 heterocycles. The van der Waals surface area contributed by atoms with Gasteiger partial charge in [0.15, 0.2) is 6.61 Å². The average Bonchev–Trinajstić information content (AvgIpc) is 2.59. The summed E-state index contributed by atoms with van der Waals surface area (Å²) >= 11 is 5.84. The number of anilines is 2. The fourth-order valence-corrected chi connectivity index (χ4v) is 3.88. The third kappa shape index (κ3) is 4.87. The van der Waals surface area contributed by atoms with Crippen LogP contribution in [0.25, 0.3) is 0 Å². The van der Waals surface area contributed by atoms with Gasteiger partial charge in [0, 0.05) is 17.1 Å². The molecule has 0 atom stereocenters. The van der Waals surface area contributed by atoms with Gasteiger partial charge < -0.3 is 10.1 Å². The van der Waals surface area contributed by atoms with Crippen LogP contribution in [0.2, 0.25) is 5.02 Å². The zero-order valence-electron chi connectivity index (χ0n) is 14.1. The summed E-state index contributed by atoms with van der Waals surface area (Å²) in [5.41, 5.74) is 0.942. The number of hydrogen-bond acceptors (Lipinski definition) is 4. The molecule has 0 aliphatic carbocycles. The van der Waals surface area contributed by atoms with Crippen molar-refractivity contribution < 1.29 is 31.1 Å². The average molecular weight is 435 g/mol. The number of sulfonamides is 1. The lowest BCUT2D eigenvalue weighted by Crippen LogP contribution is -2.21. The van der Waals surface area contributed by atoms with Crippen molar-refractivity contribution in [2.75, 3.05) is 16.6 Å². The van der Waals surface area contributed by atoms with Crippen molar-refractivity contribution in [3.63, 3.8) is 0 Å². The van der Waals surface area contributed by atoms with E-state index in [0.717, 1.165) is 12.1 Å². The molecule has 1 amide bonds. The fraction of sp³-hybridized carbons (Fsp3) is 0.235. The third-order valence-corrected chi connectivity index (χ3v) is 5.46. The predicted octanol–water partition coefficient (Wildman–Crippen LogP) is 3.97. The molecule has 2 aromatic carbocycles. The van der Waals surface area contributed by atoms with E-state index in [-0.39, 0.29) is 33.7 Å². The smallest absolute Gasteiger partial charge is 0.422 e. The second-order valence-corrected chi connectivity index (χ2v) is 8.14. The van der Waals surface area contributed by atoms with Gasteiger partial charge >= 0.3 is 6.18 Å². The van der Waals surface area contributed by atoms with Gasteiger partial charge in [0.05, 0.1) is 10.6 Å². The number of carbonyl (C=O) groups excluding carboxylic acids is 1. The molecular formula is C17H14ClF3N2O4S. The van der Waals surface area contributed by atoms with Gasteiger partial charge in [0.1, 0.15) is 5.75 Å². The molecule has 1 aliphatic rings. The van der Waals surface area contributed by atoms with Crippen LogP contribution < -0.4 is 14.8 Å². The quantitative estimate of drug-likeness (QED) is 0.745. The molecule has 1 aliphatic heterocycles. The van der Waals surface area contributed by atoms with Gasteiger partial charge in [-0.2, -0.15) is 13.2 Å². The van der Waals surface area contributed by atoms with Crippen LogP contribution in [0.4, 0.5) is 24.5 Å². The van der Waals surface area contributed by atoms with Gasteiger partial charge in [0.25, 0.3) is 10.0 Å². The largest absolute Gasteiger partial charge is 0.482 e. The van der Waals surface area contributed by atoms with E-state index < -0.39 is 22.8 Å². The highest BCUT2D eigenvalue weighted by Crippen LogP contribution is 2.32. The molecule has 6 nitrogen and oxygen atoms in total. The van der Waals surface area contributed by atoms with Crippen molar-refractivity contribution in [1.29, 1.82) is 0 Å². The van der Waals surface area contributed by atoms with Crippen LogP contribution in [0.15, 0.2) is 41.3 Å². The van der Waals surface area contributed by atoms with E-state index >= 15 is 0 Å². The second-order valence-electron chi connectivity index (χ2n) is 6.02. The molecule has 0 saturated heterocycles. The molecule has 0 bridgehead atoms. The van der Waals surface area contributed by atoms with E-state index in [9.17, 15) is 26.4 Å². The normalized spacial score (nSPS) is 14.2. The summed E-state index contributed by atoms with van der Waals surface area (Å²) < 4.78 is 69.6. The molecule has 0 aromatic heterocycles. The van der Waals surface area contributed by atoms with Crippen molar-refractivity contribution in [3.05, 3.63) is 47.0 Å². The first-order chi connectivity index (χ1) is 13.0.